The summed E-state index contributed by atoms with van der Waals surface area (Å²) in [4.78, 5) is 47.3. The minimum atomic E-state index is -1.34. The van der Waals surface area contributed by atoms with Gasteiger partial charge in [-0.25, -0.2) is 18.6 Å². The third-order valence-corrected chi connectivity index (χ3v) is 5.66. The Morgan fingerprint density at radius 1 is 1.12 bits per heavy atom. The minimum Gasteiger partial charge on any atom is -0.493 e. The molecule has 0 aliphatic carbocycles. The van der Waals surface area contributed by atoms with Crippen LogP contribution in [0.2, 0.25) is 0 Å². The molecule has 10 nitrogen and oxygen atoms in total. The lowest BCUT2D eigenvalue weighted by Crippen LogP contribution is -2.42. The molecule has 3 aromatic rings. The highest BCUT2D eigenvalue weighted by atomic mass is 19.1. The zero-order valence-electron chi connectivity index (χ0n) is 22.2. The van der Waals surface area contributed by atoms with Crippen LogP contribution in [0.15, 0.2) is 36.5 Å². The second-order valence-electron chi connectivity index (χ2n) is 8.23. The number of terminal acetylenes is 1. The highest BCUT2D eigenvalue weighted by molar-refractivity contribution is 6.00. The Balaban J connectivity index is 1.99. The number of hydrogen-bond acceptors (Lipinski definition) is 9. The Morgan fingerprint density at radius 2 is 1.82 bits per heavy atom. The average molecular weight is 555 g/mol. The van der Waals surface area contributed by atoms with E-state index in [-0.39, 0.29) is 44.1 Å². The standard InChI is InChI=1S/C28H28F2N4O6/c1-5-14-34(22-16-31-18-10-8-9-11-19(18)32-22)21-15-17(29)24(26(38-4)25(21)30)27(36)33-20(28(37)40-7-3)12-13-23(35)39-6-2/h1,8-11,15-16,20H,6-7,12-14H2,2-4H3,(H,33,36). The Bertz CT molecular complexity index is 1440. The molecule has 1 heterocycles. The van der Waals surface area contributed by atoms with E-state index in [1.54, 1.807) is 38.1 Å². The van der Waals surface area contributed by atoms with Crippen molar-refractivity contribution in [2.24, 2.45) is 0 Å². The number of ether oxygens (including phenoxy) is 3. The third-order valence-electron chi connectivity index (χ3n) is 5.66. The fourth-order valence-corrected chi connectivity index (χ4v) is 3.87. The first kappa shape index (κ1) is 29.8. The van der Waals surface area contributed by atoms with Gasteiger partial charge in [0.2, 0.25) is 0 Å². The SMILES string of the molecule is C#CCN(c1cnc2ccccc2n1)c1cc(F)c(C(=O)NC(CCC(=O)OCC)C(=O)OCC)c(OC)c1F. The molecule has 0 radical (unpaired) electrons. The second kappa shape index (κ2) is 13.8. The van der Waals surface area contributed by atoms with Crippen LogP contribution in [0.4, 0.5) is 20.3 Å². The van der Waals surface area contributed by atoms with Crippen LogP contribution in [-0.4, -0.2) is 60.7 Å². The molecular formula is C28H28F2N4O6. The van der Waals surface area contributed by atoms with Crippen LogP contribution in [0, 0.1) is 24.0 Å². The molecule has 0 saturated carbocycles. The van der Waals surface area contributed by atoms with E-state index >= 15 is 8.78 Å². The van der Waals surface area contributed by atoms with Gasteiger partial charge in [-0.3, -0.25) is 14.6 Å². The molecule has 3 rings (SSSR count). The summed E-state index contributed by atoms with van der Waals surface area (Å²) >= 11 is 0. The van der Waals surface area contributed by atoms with Gasteiger partial charge in [0.15, 0.2) is 17.4 Å². The van der Waals surface area contributed by atoms with Crippen LogP contribution in [-0.2, 0) is 19.1 Å². The fraction of sp³-hybridized carbons (Fsp3) is 0.321. The molecule has 0 saturated heterocycles. The molecule has 40 heavy (non-hydrogen) atoms. The van der Waals surface area contributed by atoms with Crippen molar-refractivity contribution in [3.8, 4) is 18.1 Å². The number of fused-ring (bicyclic) bond motifs is 1. The summed E-state index contributed by atoms with van der Waals surface area (Å²) in [5, 5.41) is 2.31. The quantitative estimate of drug-likeness (QED) is 0.264. The number of nitrogens with one attached hydrogen (secondary N) is 1. The Kier molecular flexibility index (Phi) is 10.3. The van der Waals surface area contributed by atoms with Crippen molar-refractivity contribution >= 4 is 40.4 Å². The highest BCUT2D eigenvalue weighted by Crippen LogP contribution is 2.36. The fourth-order valence-electron chi connectivity index (χ4n) is 3.87. The zero-order valence-corrected chi connectivity index (χ0v) is 22.2. The number of aromatic nitrogens is 2. The van der Waals surface area contributed by atoms with E-state index in [0.29, 0.717) is 11.0 Å². The van der Waals surface area contributed by atoms with Gasteiger partial charge in [0.05, 0.1) is 49.8 Å². The highest BCUT2D eigenvalue weighted by Gasteiger charge is 2.31. The lowest BCUT2D eigenvalue weighted by atomic mass is 10.1. The van der Waals surface area contributed by atoms with Crippen LogP contribution in [0.25, 0.3) is 11.0 Å². The number of para-hydroxylation sites is 2. The average Bonchev–Trinajstić information content (AvgIpc) is 2.94. The lowest BCUT2D eigenvalue weighted by Gasteiger charge is -2.24. The summed E-state index contributed by atoms with van der Waals surface area (Å²) in [6.07, 6.45) is 6.45. The smallest absolute Gasteiger partial charge is 0.328 e. The summed E-state index contributed by atoms with van der Waals surface area (Å²) < 4.78 is 46.2. The van der Waals surface area contributed by atoms with E-state index in [9.17, 15) is 14.4 Å². The van der Waals surface area contributed by atoms with Crippen LogP contribution >= 0.6 is 0 Å². The van der Waals surface area contributed by atoms with Crippen molar-refractivity contribution in [1.29, 1.82) is 0 Å². The predicted octanol–water partition coefficient (Wildman–Crippen LogP) is 3.69. The van der Waals surface area contributed by atoms with Gasteiger partial charge in [-0.15, -0.1) is 6.42 Å². The summed E-state index contributed by atoms with van der Waals surface area (Å²) in [6.45, 7) is 3.09. The van der Waals surface area contributed by atoms with E-state index in [1.807, 2.05) is 0 Å². The topological polar surface area (TPSA) is 120 Å². The lowest BCUT2D eigenvalue weighted by molar-refractivity contribution is -0.146. The minimum absolute atomic E-state index is 0.00566. The van der Waals surface area contributed by atoms with Crippen LogP contribution in [0.5, 0.6) is 5.75 Å². The van der Waals surface area contributed by atoms with Gasteiger partial charge < -0.3 is 24.4 Å². The van der Waals surface area contributed by atoms with Crippen molar-refractivity contribution in [1.82, 2.24) is 15.3 Å². The Morgan fingerprint density at radius 3 is 2.48 bits per heavy atom. The van der Waals surface area contributed by atoms with Gasteiger partial charge in [0.25, 0.3) is 5.91 Å². The summed E-state index contributed by atoms with van der Waals surface area (Å²) in [5.41, 5.74) is -0.0573. The molecule has 0 spiro atoms. The van der Waals surface area contributed by atoms with Gasteiger partial charge in [-0.1, -0.05) is 18.1 Å². The first-order chi connectivity index (χ1) is 19.2. The predicted molar refractivity (Wildman–Crippen MR) is 142 cm³/mol. The van der Waals surface area contributed by atoms with Gasteiger partial charge in [-0.05, 0) is 32.4 Å². The van der Waals surface area contributed by atoms with Crippen LogP contribution in [0.1, 0.15) is 37.0 Å². The molecule has 2 aromatic carbocycles. The Hall–Kier alpha value is -4.79. The molecule has 1 aromatic heterocycles. The third kappa shape index (κ3) is 6.79. The first-order valence-electron chi connectivity index (χ1n) is 12.4. The summed E-state index contributed by atoms with van der Waals surface area (Å²) in [6, 6.07) is 6.41. The number of benzene rings is 2. The molecule has 1 unspecified atom stereocenters. The van der Waals surface area contributed by atoms with Gasteiger partial charge in [-0.2, -0.15) is 0 Å². The summed E-state index contributed by atoms with van der Waals surface area (Å²) in [5.74, 6) is -3.08. The number of methoxy groups -OCH3 is 1. The summed E-state index contributed by atoms with van der Waals surface area (Å²) in [7, 11) is 1.06. The number of anilines is 2. The van der Waals surface area contributed by atoms with Crippen LogP contribution < -0.4 is 15.0 Å². The van der Waals surface area contributed by atoms with Crippen LogP contribution in [0.3, 0.4) is 0 Å². The molecule has 0 aliphatic rings. The molecule has 12 heteroatoms. The maximum absolute atomic E-state index is 15.8. The number of carbonyl (C=O) groups excluding carboxylic acids is 3. The monoisotopic (exact) mass is 554 g/mol. The van der Waals surface area contributed by atoms with E-state index in [4.69, 9.17) is 20.6 Å². The largest absolute Gasteiger partial charge is 0.493 e. The Labute approximate surface area is 229 Å². The normalized spacial score (nSPS) is 11.3. The zero-order chi connectivity index (χ0) is 29.2. The van der Waals surface area contributed by atoms with Crippen molar-refractivity contribution in [3.05, 3.63) is 53.7 Å². The maximum atomic E-state index is 15.8. The van der Waals surface area contributed by atoms with Gasteiger partial charge in [0.1, 0.15) is 17.4 Å². The molecule has 0 bridgehead atoms. The second-order valence-corrected chi connectivity index (χ2v) is 8.23. The van der Waals surface area contributed by atoms with E-state index in [1.165, 1.54) is 11.1 Å². The maximum Gasteiger partial charge on any atom is 0.328 e. The molecule has 1 N–H and O–H groups in total. The van der Waals surface area contributed by atoms with Crippen molar-refractivity contribution in [2.75, 3.05) is 31.8 Å². The molecule has 210 valence electrons. The number of rotatable bonds is 12. The number of halogens is 2. The van der Waals surface area contributed by atoms with E-state index < -0.39 is 46.8 Å². The van der Waals surface area contributed by atoms with Gasteiger partial charge >= 0.3 is 11.9 Å². The van der Waals surface area contributed by atoms with Crippen molar-refractivity contribution in [2.45, 2.75) is 32.7 Å². The molecule has 0 fully saturated rings. The number of nitrogens with zero attached hydrogens (tertiary/aromatic N) is 3. The molecule has 1 atom stereocenters. The number of amides is 1. The van der Waals surface area contributed by atoms with Crippen molar-refractivity contribution < 1.29 is 37.4 Å². The molecular weight excluding hydrogens is 526 g/mol. The first-order valence-corrected chi connectivity index (χ1v) is 12.4. The number of hydrogen-bond donors (Lipinski definition) is 1. The molecule has 0 aliphatic heterocycles. The van der Waals surface area contributed by atoms with Crippen molar-refractivity contribution in [3.63, 3.8) is 0 Å². The van der Waals surface area contributed by atoms with E-state index in [0.717, 1.165) is 13.2 Å². The van der Waals surface area contributed by atoms with E-state index in [2.05, 4.69) is 21.2 Å². The number of esters is 2. The number of carbonyl (C=O) groups is 3. The molecule has 1 amide bonds. The van der Waals surface area contributed by atoms with Gasteiger partial charge in [0, 0.05) is 12.5 Å².